The Bertz CT molecular complexity index is 880. The lowest BCUT2D eigenvalue weighted by molar-refractivity contribution is -0.130. The monoisotopic (exact) mass is 336 g/mol. The average Bonchev–Trinajstić information content (AvgIpc) is 3.12. The van der Waals surface area contributed by atoms with E-state index in [0.717, 1.165) is 30.0 Å². The number of rotatable bonds is 3. The largest absolute Gasteiger partial charge is 0.351 e. The third kappa shape index (κ3) is 3.17. The zero-order valence-corrected chi connectivity index (χ0v) is 14.1. The predicted molar refractivity (Wildman–Crippen MR) is 95.4 cm³/mol. The zero-order valence-electron chi connectivity index (χ0n) is 14.1. The first-order chi connectivity index (χ1) is 12.2. The van der Waals surface area contributed by atoms with E-state index in [0.29, 0.717) is 25.2 Å². The third-order valence-corrected chi connectivity index (χ3v) is 4.61. The fraction of sp³-hybridized carbons (Fsp3) is 0.333. The Balaban J connectivity index is 1.40. The summed E-state index contributed by atoms with van der Waals surface area (Å²) in [5, 5.41) is 0. The second kappa shape index (κ2) is 6.51. The van der Waals surface area contributed by atoms with Crippen molar-refractivity contribution in [2.45, 2.75) is 13.3 Å². The second-order valence-electron chi connectivity index (χ2n) is 6.33. The first kappa shape index (κ1) is 15.6. The van der Waals surface area contributed by atoms with E-state index >= 15 is 0 Å². The average molecular weight is 336 g/mol. The Morgan fingerprint density at radius 3 is 2.60 bits per heavy atom. The van der Waals surface area contributed by atoms with Crippen LogP contribution < -0.4 is 4.90 Å². The van der Waals surface area contributed by atoms with Crippen molar-refractivity contribution in [2.24, 2.45) is 0 Å². The molecule has 1 aliphatic rings. The van der Waals surface area contributed by atoms with Gasteiger partial charge in [0.25, 0.3) is 0 Å². The Kier molecular flexibility index (Phi) is 4.05. The summed E-state index contributed by atoms with van der Waals surface area (Å²) in [5.41, 5.74) is 3.79. The van der Waals surface area contributed by atoms with Gasteiger partial charge in [0.2, 0.25) is 5.91 Å². The minimum atomic E-state index is 0.179. The fourth-order valence-electron chi connectivity index (χ4n) is 3.15. The van der Waals surface area contributed by atoms with Gasteiger partial charge in [0.15, 0.2) is 11.5 Å². The Hall–Kier alpha value is -2.96. The summed E-state index contributed by atoms with van der Waals surface area (Å²) in [6.45, 7) is 4.96. The van der Waals surface area contributed by atoms with E-state index in [1.165, 1.54) is 11.9 Å². The van der Waals surface area contributed by atoms with Gasteiger partial charge in [-0.2, -0.15) is 0 Å². The number of anilines is 1. The van der Waals surface area contributed by atoms with Gasteiger partial charge in [-0.15, -0.1) is 0 Å². The molecule has 0 atom stereocenters. The number of fused-ring (bicyclic) bond motifs is 1. The molecule has 2 aromatic heterocycles. The smallest absolute Gasteiger partial charge is 0.227 e. The topological polar surface area (TPSA) is 78.0 Å². The minimum absolute atomic E-state index is 0.179. The van der Waals surface area contributed by atoms with Crippen molar-refractivity contribution in [1.82, 2.24) is 24.8 Å². The van der Waals surface area contributed by atoms with Crippen LogP contribution >= 0.6 is 0 Å². The van der Waals surface area contributed by atoms with Crippen molar-refractivity contribution in [2.75, 3.05) is 31.1 Å². The van der Waals surface area contributed by atoms with E-state index in [1.54, 1.807) is 6.33 Å². The van der Waals surface area contributed by atoms with E-state index in [2.05, 4.69) is 31.8 Å². The number of benzene rings is 1. The number of nitrogens with one attached hydrogen (secondary N) is 1. The molecular weight excluding hydrogens is 316 g/mol. The fourth-order valence-corrected chi connectivity index (χ4v) is 3.15. The number of piperazine rings is 1. The highest BCUT2D eigenvalue weighted by atomic mass is 16.2. The predicted octanol–water partition coefficient (Wildman–Crippen LogP) is 1.55. The van der Waals surface area contributed by atoms with E-state index in [1.807, 2.05) is 29.2 Å². The summed E-state index contributed by atoms with van der Waals surface area (Å²) in [6, 6.07) is 8.15. The number of carbonyl (C=O) groups excluding carboxylic acids is 1. The van der Waals surface area contributed by atoms with Crippen LogP contribution in [-0.4, -0.2) is 56.9 Å². The molecule has 0 unspecified atom stereocenters. The molecule has 1 fully saturated rings. The molecule has 0 radical (unpaired) electrons. The number of amides is 1. The molecule has 3 heterocycles. The Morgan fingerprint density at radius 1 is 1.08 bits per heavy atom. The first-order valence-corrected chi connectivity index (χ1v) is 8.43. The van der Waals surface area contributed by atoms with Gasteiger partial charge in [-0.3, -0.25) is 4.79 Å². The number of aromatic nitrogens is 4. The first-order valence-electron chi connectivity index (χ1n) is 8.43. The number of hydrogen-bond acceptors (Lipinski definition) is 5. The van der Waals surface area contributed by atoms with Crippen LogP contribution in [0.1, 0.15) is 11.1 Å². The Morgan fingerprint density at radius 2 is 1.84 bits per heavy atom. The van der Waals surface area contributed by atoms with Gasteiger partial charge in [0.1, 0.15) is 11.8 Å². The number of imidazole rings is 1. The summed E-state index contributed by atoms with van der Waals surface area (Å²) >= 11 is 0. The van der Waals surface area contributed by atoms with Crippen LogP contribution in [0.5, 0.6) is 0 Å². The second-order valence-corrected chi connectivity index (χ2v) is 6.33. The van der Waals surface area contributed by atoms with Crippen molar-refractivity contribution >= 4 is 22.9 Å². The normalized spacial score (nSPS) is 14.9. The van der Waals surface area contributed by atoms with Gasteiger partial charge in [-0.1, -0.05) is 29.8 Å². The quantitative estimate of drug-likeness (QED) is 0.785. The van der Waals surface area contributed by atoms with Crippen molar-refractivity contribution in [1.29, 1.82) is 0 Å². The molecule has 0 bridgehead atoms. The zero-order chi connectivity index (χ0) is 17.2. The summed E-state index contributed by atoms with van der Waals surface area (Å²) in [7, 11) is 0. The molecule has 1 amide bonds. The van der Waals surface area contributed by atoms with Crippen LogP contribution in [0, 0.1) is 6.92 Å². The number of H-pyrrole nitrogens is 1. The van der Waals surface area contributed by atoms with Crippen LogP contribution in [0.2, 0.25) is 0 Å². The highest BCUT2D eigenvalue weighted by Crippen LogP contribution is 2.21. The third-order valence-electron chi connectivity index (χ3n) is 4.61. The van der Waals surface area contributed by atoms with Crippen molar-refractivity contribution in [3.8, 4) is 0 Å². The molecule has 7 heteroatoms. The lowest BCUT2D eigenvalue weighted by atomic mass is 10.1. The maximum atomic E-state index is 12.5. The van der Waals surface area contributed by atoms with E-state index in [4.69, 9.17) is 0 Å². The van der Waals surface area contributed by atoms with Crippen LogP contribution in [0.4, 0.5) is 5.82 Å². The minimum Gasteiger partial charge on any atom is -0.351 e. The SMILES string of the molecule is Cc1ccc(CC(=O)N2CCN(c3ncnc4nc[nH]c34)CC2)cc1. The lowest BCUT2D eigenvalue weighted by Gasteiger charge is -2.35. The lowest BCUT2D eigenvalue weighted by Crippen LogP contribution is -2.49. The van der Waals surface area contributed by atoms with Gasteiger partial charge in [-0.25, -0.2) is 15.0 Å². The molecule has 128 valence electrons. The molecule has 1 N–H and O–H groups in total. The summed E-state index contributed by atoms with van der Waals surface area (Å²) in [5.74, 6) is 1.03. The van der Waals surface area contributed by atoms with E-state index in [9.17, 15) is 4.79 Å². The molecule has 0 saturated carbocycles. The summed E-state index contributed by atoms with van der Waals surface area (Å²) < 4.78 is 0. The maximum Gasteiger partial charge on any atom is 0.227 e. The maximum absolute atomic E-state index is 12.5. The van der Waals surface area contributed by atoms with E-state index in [-0.39, 0.29) is 5.91 Å². The molecule has 1 aliphatic heterocycles. The van der Waals surface area contributed by atoms with Gasteiger partial charge < -0.3 is 14.8 Å². The van der Waals surface area contributed by atoms with Crippen molar-refractivity contribution in [3.05, 3.63) is 48.0 Å². The Labute approximate surface area is 145 Å². The number of carbonyl (C=O) groups is 1. The number of nitrogens with zero attached hydrogens (tertiary/aromatic N) is 5. The molecular formula is C18H20N6O. The standard InChI is InChI=1S/C18H20N6O/c1-13-2-4-14(5-3-13)10-15(25)23-6-8-24(9-7-23)18-16-17(20-11-19-16)21-12-22-18/h2-5,11-12H,6-10H2,1H3,(H,19,20,21,22). The summed E-state index contributed by atoms with van der Waals surface area (Å²) in [4.78, 5) is 32.5. The molecule has 25 heavy (non-hydrogen) atoms. The van der Waals surface area contributed by atoms with Crippen LogP contribution in [0.15, 0.2) is 36.9 Å². The van der Waals surface area contributed by atoms with Gasteiger partial charge in [0, 0.05) is 26.2 Å². The highest BCUT2D eigenvalue weighted by molar-refractivity contribution is 5.83. The van der Waals surface area contributed by atoms with Crippen LogP contribution in [0.3, 0.4) is 0 Å². The molecule has 3 aromatic rings. The number of hydrogen-bond donors (Lipinski definition) is 1. The molecule has 0 aliphatic carbocycles. The molecule has 1 saturated heterocycles. The van der Waals surface area contributed by atoms with Crippen LogP contribution in [-0.2, 0) is 11.2 Å². The van der Waals surface area contributed by atoms with E-state index < -0.39 is 0 Å². The van der Waals surface area contributed by atoms with Gasteiger partial charge in [0.05, 0.1) is 12.7 Å². The molecule has 4 rings (SSSR count). The number of aryl methyl sites for hydroxylation is 1. The number of aromatic amines is 1. The summed E-state index contributed by atoms with van der Waals surface area (Å²) in [6.07, 6.45) is 3.62. The van der Waals surface area contributed by atoms with Gasteiger partial charge >= 0.3 is 0 Å². The highest BCUT2D eigenvalue weighted by Gasteiger charge is 2.23. The molecule has 1 aromatic carbocycles. The van der Waals surface area contributed by atoms with Crippen molar-refractivity contribution < 1.29 is 4.79 Å². The molecule has 7 nitrogen and oxygen atoms in total. The van der Waals surface area contributed by atoms with Crippen molar-refractivity contribution in [3.63, 3.8) is 0 Å². The molecule has 0 spiro atoms. The van der Waals surface area contributed by atoms with Crippen LogP contribution in [0.25, 0.3) is 11.2 Å². The van der Waals surface area contributed by atoms with Gasteiger partial charge in [-0.05, 0) is 12.5 Å².